The molecule has 0 aliphatic carbocycles. The number of benzene rings is 1. The van der Waals surface area contributed by atoms with Gasteiger partial charge in [-0.15, -0.1) is 5.10 Å². The average Bonchev–Trinajstić information content (AvgIpc) is 3.64. The third-order valence-corrected chi connectivity index (χ3v) is 6.22. The number of nitrogens with zero attached hydrogens (tertiary/aromatic N) is 8. The largest absolute Gasteiger partial charge is 0.336 e. The summed E-state index contributed by atoms with van der Waals surface area (Å²) in [7, 11) is 1.83. The van der Waals surface area contributed by atoms with E-state index in [-0.39, 0.29) is 5.69 Å². The summed E-state index contributed by atoms with van der Waals surface area (Å²) in [6, 6.07) is 15.7. The molecular formula is C26H25N9O. The summed E-state index contributed by atoms with van der Waals surface area (Å²) in [6.45, 7) is 2.46. The Morgan fingerprint density at radius 1 is 1.11 bits per heavy atom. The van der Waals surface area contributed by atoms with Crippen molar-refractivity contribution in [3.05, 3.63) is 88.5 Å². The number of tetrazole rings is 1. The van der Waals surface area contributed by atoms with Crippen LogP contribution in [0.4, 0.5) is 0 Å². The number of hydrogen-bond acceptors (Lipinski definition) is 6. The monoisotopic (exact) mass is 479 g/mol. The highest BCUT2D eigenvalue weighted by Crippen LogP contribution is 2.29. The van der Waals surface area contributed by atoms with Crippen LogP contribution in [0.5, 0.6) is 0 Å². The Labute approximate surface area is 207 Å². The first-order valence-electron chi connectivity index (χ1n) is 11.8. The Hall–Kier alpha value is -4.78. The van der Waals surface area contributed by atoms with Gasteiger partial charge < -0.3 is 4.57 Å². The quantitative estimate of drug-likeness (QED) is 0.363. The molecule has 10 nitrogen and oxygen atoms in total. The lowest BCUT2D eigenvalue weighted by Gasteiger charge is -2.09. The lowest BCUT2D eigenvalue weighted by molar-refractivity contribution is 0.661. The zero-order chi connectivity index (χ0) is 25.1. The van der Waals surface area contributed by atoms with Crippen LogP contribution in [0.1, 0.15) is 36.7 Å². The molecule has 180 valence electrons. The number of pyridine rings is 1. The maximum Gasteiger partial charge on any atom is 0.334 e. The Balaban J connectivity index is 1.49. The standard InChI is InChI=1S/C26H25N9O/c1-3-4-7-21-17-35(25-18(14-27)12-13-33(25)2)26(36)34(21)16-20-11-10-19(15-28-20)22-8-5-6-9-23(22)24-29-31-32-30-24/h5-6,8-13,15,17H,3-4,7,16H2,1-2H3,(H,29,30,31,32). The molecule has 0 saturated heterocycles. The molecule has 36 heavy (non-hydrogen) atoms. The first kappa shape index (κ1) is 23.0. The molecule has 0 bridgehead atoms. The highest BCUT2D eigenvalue weighted by atomic mass is 16.1. The van der Waals surface area contributed by atoms with Gasteiger partial charge in [0.2, 0.25) is 0 Å². The van der Waals surface area contributed by atoms with E-state index in [0.717, 1.165) is 47.3 Å². The predicted octanol–water partition coefficient (Wildman–Crippen LogP) is 3.48. The van der Waals surface area contributed by atoms with Crippen LogP contribution in [0.2, 0.25) is 0 Å². The van der Waals surface area contributed by atoms with Crippen LogP contribution in [0.25, 0.3) is 28.3 Å². The van der Waals surface area contributed by atoms with E-state index in [9.17, 15) is 10.1 Å². The molecular weight excluding hydrogens is 454 g/mol. The van der Waals surface area contributed by atoms with E-state index in [2.05, 4.69) is 38.6 Å². The van der Waals surface area contributed by atoms with Crippen molar-refractivity contribution < 1.29 is 0 Å². The van der Waals surface area contributed by atoms with Crippen LogP contribution in [0.15, 0.2) is 65.8 Å². The maximum atomic E-state index is 13.5. The minimum absolute atomic E-state index is 0.187. The van der Waals surface area contributed by atoms with E-state index < -0.39 is 0 Å². The van der Waals surface area contributed by atoms with E-state index >= 15 is 0 Å². The van der Waals surface area contributed by atoms with Gasteiger partial charge in [0.25, 0.3) is 0 Å². The minimum Gasteiger partial charge on any atom is -0.336 e. The fourth-order valence-electron chi connectivity index (χ4n) is 4.37. The molecule has 0 unspecified atom stereocenters. The van der Waals surface area contributed by atoms with Crippen molar-refractivity contribution in [3.63, 3.8) is 0 Å². The maximum absolute atomic E-state index is 13.5. The summed E-state index contributed by atoms with van der Waals surface area (Å²) in [6.07, 6.45) is 8.18. The van der Waals surface area contributed by atoms with Crippen molar-refractivity contribution in [2.75, 3.05) is 0 Å². The normalized spacial score (nSPS) is 11.0. The molecule has 0 aliphatic heterocycles. The van der Waals surface area contributed by atoms with Crippen molar-refractivity contribution in [2.45, 2.75) is 32.7 Å². The fraction of sp³-hybridized carbons (Fsp3) is 0.231. The Kier molecular flexibility index (Phi) is 6.28. The number of H-pyrrole nitrogens is 1. The minimum atomic E-state index is -0.187. The zero-order valence-electron chi connectivity index (χ0n) is 20.1. The van der Waals surface area contributed by atoms with E-state index in [1.54, 1.807) is 32.2 Å². The van der Waals surface area contributed by atoms with Crippen LogP contribution < -0.4 is 5.69 Å². The Morgan fingerprint density at radius 3 is 2.64 bits per heavy atom. The van der Waals surface area contributed by atoms with Gasteiger partial charge in [-0.25, -0.2) is 9.89 Å². The molecule has 5 rings (SSSR count). The van der Waals surface area contributed by atoms with Gasteiger partial charge in [-0.2, -0.15) is 5.26 Å². The molecule has 0 spiro atoms. The van der Waals surface area contributed by atoms with Crippen LogP contribution in [0.3, 0.4) is 0 Å². The summed E-state index contributed by atoms with van der Waals surface area (Å²) in [5.74, 6) is 1.15. The summed E-state index contributed by atoms with van der Waals surface area (Å²) in [4.78, 5) is 18.2. The first-order valence-corrected chi connectivity index (χ1v) is 11.8. The highest BCUT2D eigenvalue weighted by molar-refractivity contribution is 5.79. The van der Waals surface area contributed by atoms with Gasteiger partial charge in [0.1, 0.15) is 11.9 Å². The third kappa shape index (κ3) is 4.22. The first-order chi connectivity index (χ1) is 17.6. The lowest BCUT2D eigenvalue weighted by atomic mass is 10.0. The zero-order valence-corrected chi connectivity index (χ0v) is 20.1. The van der Waals surface area contributed by atoms with E-state index in [1.165, 1.54) is 0 Å². The lowest BCUT2D eigenvalue weighted by Crippen LogP contribution is -2.26. The van der Waals surface area contributed by atoms with Gasteiger partial charge in [0.05, 0.1) is 17.8 Å². The second-order valence-corrected chi connectivity index (χ2v) is 8.57. The smallest absolute Gasteiger partial charge is 0.334 e. The second-order valence-electron chi connectivity index (χ2n) is 8.57. The van der Waals surface area contributed by atoms with Crippen LogP contribution in [-0.2, 0) is 20.0 Å². The van der Waals surface area contributed by atoms with E-state index in [1.807, 2.05) is 49.6 Å². The molecule has 0 aliphatic rings. The molecule has 1 aromatic carbocycles. The van der Waals surface area contributed by atoms with Crippen molar-refractivity contribution >= 4 is 0 Å². The van der Waals surface area contributed by atoms with Crippen LogP contribution >= 0.6 is 0 Å². The predicted molar refractivity (Wildman–Crippen MR) is 134 cm³/mol. The summed E-state index contributed by atoms with van der Waals surface area (Å²) in [5.41, 5.74) is 4.71. The van der Waals surface area contributed by atoms with Gasteiger partial charge in [-0.05, 0) is 41.0 Å². The second kappa shape index (κ2) is 9.84. The van der Waals surface area contributed by atoms with Gasteiger partial charge in [-0.1, -0.05) is 43.7 Å². The molecule has 0 amide bonds. The molecule has 0 saturated carbocycles. The Bertz CT molecular complexity index is 1580. The van der Waals surface area contributed by atoms with Crippen LogP contribution in [0, 0.1) is 11.3 Å². The van der Waals surface area contributed by atoms with E-state index in [4.69, 9.17) is 0 Å². The number of nitriles is 1. The molecule has 0 radical (unpaired) electrons. The number of hydrogen-bond donors (Lipinski definition) is 1. The number of nitrogens with one attached hydrogen (secondary N) is 1. The van der Waals surface area contributed by atoms with E-state index in [0.29, 0.717) is 23.8 Å². The summed E-state index contributed by atoms with van der Waals surface area (Å²) >= 11 is 0. The Morgan fingerprint density at radius 2 is 1.94 bits per heavy atom. The highest BCUT2D eigenvalue weighted by Gasteiger charge is 2.18. The molecule has 5 aromatic rings. The summed E-state index contributed by atoms with van der Waals surface area (Å²) < 4.78 is 5.11. The van der Waals surface area contributed by atoms with Crippen molar-refractivity contribution in [3.8, 4) is 34.4 Å². The number of aryl methyl sites for hydroxylation is 2. The summed E-state index contributed by atoms with van der Waals surface area (Å²) in [5, 5.41) is 23.7. The molecule has 10 heteroatoms. The van der Waals surface area contributed by atoms with Gasteiger partial charge in [-0.3, -0.25) is 14.1 Å². The molecule has 0 atom stereocenters. The topological polar surface area (TPSA) is 123 Å². The van der Waals surface area contributed by atoms with Gasteiger partial charge in [0, 0.05) is 42.5 Å². The van der Waals surface area contributed by atoms with Crippen molar-refractivity contribution in [2.24, 2.45) is 7.05 Å². The number of imidazole rings is 1. The number of unbranched alkanes of at least 4 members (excludes halogenated alkanes) is 1. The molecule has 1 N–H and O–H groups in total. The van der Waals surface area contributed by atoms with Gasteiger partial charge in [0.15, 0.2) is 5.82 Å². The van der Waals surface area contributed by atoms with Crippen molar-refractivity contribution in [1.29, 1.82) is 5.26 Å². The third-order valence-electron chi connectivity index (χ3n) is 6.22. The SMILES string of the molecule is CCCCc1cn(-c2c(C#N)ccn2C)c(=O)n1Cc1ccc(-c2ccccc2-c2nnn[nH]2)cn1. The molecule has 4 heterocycles. The molecule has 4 aromatic heterocycles. The number of aromatic nitrogens is 8. The molecule has 0 fully saturated rings. The van der Waals surface area contributed by atoms with Crippen LogP contribution in [-0.4, -0.2) is 39.3 Å². The van der Waals surface area contributed by atoms with Crippen molar-refractivity contribution in [1.82, 2.24) is 39.3 Å². The van der Waals surface area contributed by atoms with Gasteiger partial charge >= 0.3 is 5.69 Å². The number of rotatable bonds is 8. The average molecular weight is 480 g/mol. The number of aromatic amines is 1. The fourth-order valence-corrected chi connectivity index (χ4v) is 4.37.